The Bertz CT molecular complexity index is 543. The number of benzene rings is 1. The third kappa shape index (κ3) is 2.54. The monoisotopic (exact) mass is 290 g/mol. The maximum atomic E-state index is 9.88. The van der Waals surface area contributed by atoms with Gasteiger partial charge in [0.2, 0.25) is 0 Å². The Morgan fingerprint density at radius 3 is 1.81 bits per heavy atom. The normalized spacial score (nSPS) is 28.1. The number of hydrogen-bond acceptors (Lipinski definition) is 2. The first kappa shape index (κ1) is 16.2. The first-order valence-corrected chi connectivity index (χ1v) is 8.22. The van der Waals surface area contributed by atoms with Gasteiger partial charge in [-0.25, -0.2) is 0 Å². The van der Waals surface area contributed by atoms with Crippen molar-refractivity contribution in [3.63, 3.8) is 0 Å². The predicted molar refractivity (Wildman–Crippen MR) is 88.1 cm³/mol. The van der Waals surface area contributed by atoms with Gasteiger partial charge in [0.1, 0.15) is 0 Å². The molecule has 0 saturated heterocycles. The van der Waals surface area contributed by atoms with E-state index in [0.717, 1.165) is 6.42 Å². The molecule has 1 fully saturated rings. The third-order valence-corrected chi connectivity index (χ3v) is 5.29. The van der Waals surface area contributed by atoms with Crippen molar-refractivity contribution in [3.8, 4) is 11.5 Å². The minimum Gasteiger partial charge on any atom is -0.504 e. The van der Waals surface area contributed by atoms with Crippen LogP contribution >= 0.6 is 0 Å². The van der Waals surface area contributed by atoms with Gasteiger partial charge in [-0.1, -0.05) is 41.5 Å². The van der Waals surface area contributed by atoms with E-state index in [1.54, 1.807) is 6.07 Å². The van der Waals surface area contributed by atoms with Crippen molar-refractivity contribution in [1.82, 2.24) is 0 Å². The van der Waals surface area contributed by atoms with E-state index in [0.29, 0.717) is 5.41 Å². The largest absolute Gasteiger partial charge is 0.504 e. The number of fused-ring (bicyclic) bond motifs is 2. The molecule has 2 aliphatic rings. The van der Waals surface area contributed by atoms with Crippen LogP contribution in [0, 0.1) is 5.41 Å². The van der Waals surface area contributed by atoms with Crippen molar-refractivity contribution in [2.75, 3.05) is 0 Å². The summed E-state index contributed by atoms with van der Waals surface area (Å²) in [5, 5.41) is 19.7. The molecular weight excluding hydrogens is 260 g/mol. The molecule has 2 nitrogen and oxygen atoms in total. The van der Waals surface area contributed by atoms with Gasteiger partial charge < -0.3 is 10.2 Å². The van der Waals surface area contributed by atoms with Gasteiger partial charge in [-0.3, -0.25) is 0 Å². The zero-order chi connectivity index (χ0) is 16.1. The van der Waals surface area contributed by atoms with Gasteiger partial charge in [0.05, 0.1) is 0 Å². The number of phenols is 2. The molecule has 1 unspecified atom stereocenters. The van der Waals surface area contributed by atoms with Crippen molar-refractivity contribution in [2.24, 2.45) is 5.41 Å². The highest BCUT2D eigenvalue weighted by Crippen LogP contribution is 2.62. The van der Waals surface area contributed by atoms with Crippen molar-refractivity contribution in [3.05, 3.63) is 23.3 Å². The van der Waals surface area contributed by atoms with Crippen molar-refractivity contribution < 1.29 is 10.2 Å². The second-order valence-corrected chi connectivity index (χ2v) is 8.07. The molecule has 118 valence electrons. The molecule has 2 N–H and O–H groups in total. The molecule has 1 saturated carbocycles. The van der Waals surface area contributed by atoms with Gasteiger partial charge in [0, 0.05) is 0 Å². The zero-order valence-electron chi connectivity index (χ0n) is 14.4. The van der Waals surface area contributed by atoms with Gasteiger partial charge in [-0.2, -0.15) is 0 Å². The molecule has 1 spiro atoms. The van der Waals surface area contributed by atoms with Crippen molar-refractivity contribution >= 4 is 0 Å². The van der Waals surface area contributed by atoms with Gasteiger partial charge >= 0.3 is 0 Å². The maximum Gasteiger partial charge on any atom is 0.157 e. The zero-order valence-corrected chi connectivity index (χ0v) is 14.4. The highest BCUT2D eigenvalue weighted by atomic mass is 16.3. The van der Waals surface area contributed by atoms with Crippen LogP contribution in [0.1, 0.15) is 78.4 Å². The van der Waals surface area contributed by atoms with E-state index >= 15 is 0 Å². The molecule has 2 aliphatic carbocycles. The standard InChI is InChI=1S/C17H24O2.C2H6/c1-15(2)5-6-17(9-15)10-16(3,4)11-7-13(18)14(19)8-12(11)17;1-2/h7-8,18-19H,5-6,9-10H2,1-4H3;1-2H3. The Hall–Kier alpha value is -1.18. The third-order valence-electron chi connectivity index (χ3n) is 5.29. The fourth-order valence-corrected chi connectivity index (χ4v) is 4.66. The van der Waals surface area contributed by atoms with E-state index in [1.165, 1.54) is 30.4 Å². The molecule has 0 heterocycles. The number of hydrogen-bond donors (Lipinski definition) is 2. The molecule has 0 aliphatic heterocycles. The van der Waals surface area contributed by atoms with Crippen LogP contribution in [0.3, 0.4) is 0 Å². The van der Waals surface area contributed by atoms with Crippen LogP contribution in [0.25, 0.3) is 0 Å². The molecule has 0 aromatic heterocycles. The van der Waals surface area contributed by atoms with Crippen LogP contribution in [-0.2, 0) is 10.8 Å². The molecule has 3 rings (SSSR count). The summed E-state index contributed by atoms with van der Waals surface area (Å²) in [5.74, 6) is 0.0432. The molecule has 0 amide bonds. The van der Waals surface area contributed by atoms with Gasteiger partial charge in [-0.15, -0.1) is 0 Å². The second kappa shape index (κ2) is 4.93. The maximum absolute atomic E-state index is 9.88. The predicted octanol–water partition coefficient (Wildman–Crippen LogP) is 5.25. The Morgan fingerprint density at radius 2 is 1.33 bits per heavy atom. The Morgan fingerprint density at radius 1 is 0.810 bits per heavy atom. The molecule has 0 radical (unpaired) electrons. The van der Waals surface area contributed by atoms with Crippen LogP contribution in [-0.4, -0.2) is 10.2 Å². The summed E-state index contributed by atoms with van der Waals surface area (Å²) in [6.45, 7) is 13.2. The van der Waals surface area contributed by atoms with Crippen molar-refractivity contribution in [2.45, 2.75) is 78.1 Å². The van der Waals surface area contributed by atoms with Crippen LogP contribution in [0.4, 0.5) is 0 Å². The lowest BCUT2D eigenvalue weighted by molar-refractivity contribution is 0.305. The summed E-state index contributed by atoms with van der Waals surface area (Å²) in [6, 6.07) is 3.60. The fraction of sp³-hybridized carbons (Fsp3) is 0.684. The Labute approximate surface area is 129 Å². The molecule has 21 heavy (non-hydrogen) atoms. The second-order valence-electron chi connectivity index (χ2n) is 8.07. The molecule has 1 aromatic carbocycles. The summed E-state index contributed by atoms with van der Waals surface area (Å²) in [5.41, 5.74) is 3.17. The molecular formula is C19H30O2. The van der Waals surface area contributed by atoms with E-state index in [-0.39, 0.29) is 22.3 Å². The van der Waals surface area contributed by atoms with Gasteiger partial charge in [0.15, 0.2) is 11.5 Å². The fourth-order valence-electron chi connectivity index (χ4n) is 4.66. The summed E-state index contributed by atoms with van der Waals surface area (Å²) in [4.78, 5) is 0. The first-order chi connectivity index (χ1) is 9.65. The molecule has 0 bridgehead atoms. The van der Waals surface area contributed by atoms with Crippen LogP contribution in [0.5, 0.6) is 11.5 Å². The lowest BCUT2D eigenvalue weighted by atomic mass is 9.75. The Balaban J connectivity index is 0.000000774. The highest BCUT2D eigenvalue weighted by Gasteiger charge is 2.53. The summed E-state index contributed by atoms with van der Waals surface area (Å²) < 4.78 is 0. The number of rotatable bonds is 0. The average Bonchev–Trinajstić information content (AvgIpc) is 2.79. The van der Waals surface area contributed by atoms with Gasteiger partial charge in [-0.05, 0) is 65.2 Å². The van der Waals surface area contributed by atoms with Crippen LogP contribution < -0.4 is 0 Å². The minimum absolute atomic E-state index is 0.0149. The van der Waals surface area contributed by atoms with Crippen molar-refractivity contribution in [1.29, 1.82) is 0 Å². The minimum atomic E-state index is 0.0149. The first-order valence-electron chi connectivity index (χ1n) is 8.22. The quantitative estimate of drug-likeness (QED) is 0.640. The van der Waals surface area contributed by atoms with E-state index < -0.39 is 0 Å². The van der Waals surface area contributed by atoms with E-state index in [4.69, 9.17) is 0 Å². The lowest BCUT2D eigenvalue weighted by Crippen LogP contribution is -2.23. The average molecular weight is 290 g/mol. The topological polar surface area (TPSA) is 40.5 Å². The molecule has 1 aromatic rings. The number of aromatic hydroxyl groups is 2. The SMILES string of the molecule is CC.CC1(C)CCC2(C1)CC(C)(C)c1cc(O)c(O)cc12. The lowest BCUT2D eigenvalue weighted by Gasteiger charge is -2.29. The highest BCUT2D eigenvalue weighted by molar-refractivity contribution is 5.55. The summed E-state index contributed by atoms with van der Waals surface area (Å²) in [6.07, 6.45) is 4.74. The van der Waals surface area contributed by atoms with Crippen LogP contribution in [0.2, 0.25) is 0 Å². The summed E-state index contributed by atoms with van der Waals surface area (Å²) in [7, 11) is 0. The Kier molecular flexibility index (Phi) is 3.80. The van der Waals surface area contributed by atoms with Gasteiger partial charge in [0.25, 0.3) is 0 Å². The molecule has 2 heteroatoms. The smallest absolute Gasteiger partial charge is 0.157 e. The summed E-state index contributed by atoms with van der Waals surface area (Å²) >= 11 is 0. The van der Waals surface area contributed by atoms with E-state index in [2.05, 4.69) is 27.7 Å². The van der Waals surface area contributed by atoms with E-state index in [9.17, 15) is 10.2 Å². The molecule has 1 atom stereocenters. The number of phenolic OH excluding ortho intramolecular Hbond substituents is 2. The van der Waals surface area contributed by atoms with E-state index in [1.807, 2.05) is 19.9 Å². The van der Waals surface area contributed by atoms with Crippen LogP contribution in [0.15, 0.2) is 12.1 Å².